The van der Waals surface area contributed by atoms with E-state index < -0.39 is 38.9 Å². The first-order valence-electron chi connectivity index (χ1n) is 12.3. The third-order valence-corrected chi connectivity index (χ3v) is 6.51. The first kappa shape index (κ1) is 30.2. The molecule has 4 rings (SSSR count). The van der Waals surface area contributed by atoms with Crippen LogP contribution in [0.4, 0.5) is 24.8 Å². The molecule has 0 unspecified atom stereocenters. The van der Waals surface area contributed by atoms with E-state index >= 15 is 0 Å². The van der Waals surface area contributed by atoms with Crippen LogP contribution in [0.25, 0.3) is 16.9 Å². The number of halogens is 3. The molecule has 3 heterocycles. The van der Waals surface area contributed by atoms with Crippen molar-refractivity contribution >= 4 is 27.6 Å². The van der Waals surface area contributed by atoms with Gasteiger partial charge in [0.15, 0.2) is 11.5 Å². The Hall–Kier alpha value is -4.73. The van der Waals surface area contributed by atoms with Gasteiger partial charge in [0.05, 0.1) is 13.4 Å². The smallest absolute Gasteiger partial charge is 0.435 e. The fourth-order valence-corrected chi connectivity index (χ4v) is 4.54. The van der Waals surface area contributed by atoms with Crippen molar-refractivity contribution in [1.82, 2.24) is 29.0 Å². The zero-order valence-corrected chi connectivity index (χ0v) is 23.9. The Labute approximate surface area is 238 Å². The van der Waals surface area contributed by atoms with Gasteiger partial charge >= 0.3 is 6.18 Å². The average molecular weight is 606 g/mol. The van der Waals surface area contributed by atoms with E-state index in [0.717, 1.165) is 33.2 Å². The molecule has 0 atom stereocenters. The van der Waals surface area contributed by atoms with Crippen molar-refractivity contribution in [2.45, 2.75) is 33.5 Å². The number of aromatic nitrogens is 5. The number of sulfonamides is 1. The van der Waals surface area contributed by atoms with E-state index in [1.165, 1.54) is 26.4 Å². The Balaban J connectivity index is 1.94. The molecular weight excluding hydrogens is 579 g/mol. The summed E-state index contributed by atoms with van der Waals surface area (Å²) in [5.74, 6) is -0.719. The summed E-state index contributed by atoms with van der Waals surface area (Å²) in [6.45, 7) is 4.97. The largest absolute Gasteiger partial charge is 0.497 e. The maximum atomic E-state index is 13.6. The molecule has 0 aliphatic rings. The molecule has 0 saturated heterocycles. The number of carbonyl (C=O) groups is 1. The Morgan fingerprint density at radius 2 is 1.83 bits per heavy atom. The van der Waals surface area contributed by atoms with Crippen molar-refractivity contribution in [2.75, 3.05) is 18.7 Å². The zero-order valence-electron chi connectivity index (χ0n) is 23.1. The lowest BCUT2D eigenvalue weighted by atomic mass is 10.1. The van der Waals surface area contributed by atoms with Gasteiger partial charge in [-0.15, -0.1) is 0 Å². The Morgan fingerprint density at radius 1 is 1.12 bits per heavy atom. The second kappa shape index (κ2) is 11.3. The summed E-state index contributed by atoms with van der Waals surface area (Å²) < 4.78 is 73.2. The minimum absolute atomic E-state index is 0.00344. The number of pyridine rings is 1. The summed E-state index contributed by atoms with van der Waals surface area (Å²) in [7, 11) is -2.51. The van der Waals surface area contributed by atoms with Crippen LogP contribution < -0.4 is 20.3 Å². The highest BCUT2D eigenvalue weighted by Crippen LogP contribution is 2.32. The number of carbonyl (C=O) groups excluding carboxylic acids is 1. The van der Waals surface area contributed by atoms with Gasteiger partial charge in [-0.25, -0.2) is 22.8 Å². The predicted octanol–water partition coefficient (Wildman–Crippen LogP) is 3.59. The van der Waals surface area contributed by atoms with Gasteiger partial charge in [-0.1, -0.05) is 0 Å². The number of rotatable bonds is 8. The number of anilines is 2. The molecule has 222 valence electrons. The molecule has 0 aliphatic carbocycles. The van der Waals surface area contributed by atoms with Crippen LogP contribution in [-0.4, -0.2) is 52.0 Å². The van der Waals surface area contributed by atoms with Gasteiger partial charge in [-0.05, 0) is 50.6 Å². The zero-order chi connectivity index (χ0) is 31.0. The van der Waals surface area contributed by atoms with E-state index in [2.05, 4.69) is 20.4 Å². The monoisotopic (exact) mass is 605 g/mol. The lowest BCUT2D eigenvalue weighted by molar-refractivity contribution is -0.141. The minimum atomic E-state index is -4.74. The summed E-state index contributed by atoms with van der Waals surface area (Å²) in [5.41, 5.74) is -0.695. The number of ether oxygens (including phenoxy) is 1. The van der Waals surface area contributed by atoms with Crippen LogP contribution in [0.5, 0.6) is 5.75 Å². The van der Waals surface area contributed by atoms with Crippen molar-refractivity contribution in [3.8, 4) is 22.7 Å². The summed E-state index contributed by atoms with van der Waals surface area (Å²) in [5, 5.41) is 6.72. The highest BCUT2D eigenvalue weighted by molar-refractivity contribution is 7.89. The van der Waals surface area contributed by atoms with Gasteiger partial charge in [0.2, 0.25) is 16.0 Å². The molecule has 1 amide bonds. The molecule has 0 spiro atoms. The number of alkyl halides is 3. The third kappa shape index (κ3) is 6.59. The molecule has 0 aliphatic heterocycles. The Bertz CT molecular complexity index is 1850. The van der Waals surface area contributed by atoms with Crippen molar-refractivity contribution in [1.29, 1.82) is 0 Å². The van der Waals surface area contributed by atoms with Crippen LogP contribution in [0.2, 0.25) is 0 Å². The van der Waals surface area contributed by atoms with Gasteiger partial charge in [0, 0.05) is 47.5 Å². The number of benzene rings is 1. The molecule has 0 radical (unpaired) electrons. The highest BCUT2D eigenvalue weighted by atomic mass is 32.2. The van der Waals surface area contributed by atoms with Gasteiger partial charge in [-0.2, -0.15) is 23.3 Å². The van der Waals surface area contributed by atoms with Gasteiger partial charge in [0.25, 0.3) is 11.5 Å². The molecule has 12 nitrogen and oxygen atoms in total. The van der Waals surface area contributed by atoms with Crippen LogP contribution in [-0.2, 0) is 22.7 Å². The molecule has 0 saturated carbocycles. The molecule has 3 aromatic heterocycles. The second-order valence-electron chi connectivity index (χ2n) is 9.31. The summed E-state index contributed by atoms with van der Waals surface area (Å²) in [6, 6.07) is 7.23. The predicted molar refractivity (Wildman–Crippen MR) is 148 cm³/mol. The molecule has 1 aromatic carbocycles. The third-order valence-electron chi connectivity index (χ3n) is 5.95. The molecule has 0 bridgehead atoms. The van der Waals surface area contributed by atoms with Crippen molar-refractivity contribution in [2.24, 2.45) is 0 Å². The van der Waals surface area contributed by atoms with Crippen molar-refractivity contribution in [3.63, 3.8) is 0 Å². The number of hydrogen-bond acceptors (Lipinski definition) is 9. The SMILES string of the molecule is CCn1cc(-c2cnc(Nc3cc(C)cc(OC)c3)nc2-n2nc(C(F)(F)F)cc2C)cc(C(=O)NS(C)(=O)=O)c1=O. The lowest BCUT2D eigenvalue weighted by Gasteiger charge is -2.15. The van der Waals surface area contributed by atoms with Crippen LogP contribution in [0.15, 0.2) is 47.5 Å². The fourth-order valence-electron chi connectivity index (χ4n) is 4.10. The van der Waals surface area contributed by atoms with E-state index in [1.54, 1.807) is 29.8 Å². The number of amides is 1. The number of nitrogens with one attached hydrogen (secondary N) is 2. The van der Waals surface area contributed by atoms with Gasteiger partial charge < -0.3 is 14.6 Å². The number of nitrogens with zero attached hydrogens (tertiary/aromatic N) is 5. The minimum Gasteiger partial charge on any atom is -0.497 e. The normalized spacial score (nSPS) is 11.8. The molecule has 16 heteroatoms. The van der Waals surface area contributed by atoms with Crippen LogP contribution in [0.3, 0.4) is 0 Å². The standard InChI is InChI=1S/C26H26F3N7O5S/c1-6-35-13-16(10-19(24(35)38)23(37)34-42(5,39)40)20-12-30-25(31-17-7-14(2)8-18(11-17)41-4)32-22(20)36-15(3)9-21(33-36)26(27,28)29/h7-13H,6H2,1-5H3,(H,34,37)(H,30,31,32). The number of hydrogen-bond donors (Lipinski definition) is 2. The summed E-state index contributed by atoms with van der Waals surface area (Å²) >= 11 is 0. The molecule has 4 aromatic rings. The first-order valence-corrected chi connectivity index (χ1v) is 14.2. The van der Waals surface area contributed by atoms with E-state index in [4.69, 9.17) is 4.74 Å². The Morgan fingerprint density at radius 3 is 2.43 bits per heavy atom. The fraction of sp³-hybridized carbons (Fsp3) is 0.269. The van der Waals surface area contributed by atoms with Crippen molar-refractivity contribution in [3.05, 3.63) is 75.6 Å². The quantitative estimate of drug-likeness (QED) is 0.307. The average Bonchev–Trinajstić information content (AvgIpc) is 3.29. The maximum Gasteiger partial charge on any atom is 0.435 e. The molecule has 0 fully saturated rings. The first-order chi connectivity index (χ1) is 19.6. The summed E-state index contributed by atoms with van der Waals surface area (Å²) in [6.07, 6.45) is -1.32. The molecule has 2 N–H and O–H groups in total. The van der Waals surface area contributed by atoms with E-state index in [-0.39, 0.29) is 35.1 Å². The van der Waals surface area contributed by atoms with Crippen LogP contribution in [0.1, 0.15) is 34.2 Å². The van der Waals surface area contributed by atoms with Crippen LogP contribution >= 0.6 is 0 Å². The maximum absolute atomic E-state index is 13.6. The van der Waals surface area contributed by atoms with Crippen molar-refractivity contribution < 1.29 is 31.1 Å². The van der Waals surface area contributed by atoms with Gasteiger partial charge in [-0.3, -0.25) is 9.59 Å². The highest BCUT2D eigenvalue weighted by Gasteiger charge is 2.35. The molecule has 42 heavy (non-hydrogen) atoms. The second-order valence-corrected chi connectivity index (χ2v) is 11.1. The van der Waals surface area contributed by atoms with Gasteiger partial charge in [0.1, 0.15) is 11.3 Å². The number of methoxy groups -OCH3 is 1. The molecular formula is C26H26F3N7O5S. The lowest BCUT2D eigenvalue weighted by Crippen LogP contribution is -2.35. The topological polar surface area (TPSA) is 150 Å². The van der Waals surface area contributed by atoms with Crippen LogP contribution in [0, 0.1) is 13.8 Å². The summed E-state index contributed by atoms with van der Waals surface area (Å²) in [4.78, 5) is 34.3. The van der Waals surface area contributed by atoms with E-state index in [0.29, 0.717) is 11.4 Å². The van der Waals surface area contributed by atoms with E-state index in [9.17, 15) is 31.2 Å². The number of aryl methyl sites for hydroxylation is 3. The Kier molecular flexibility index (Phi) is 8.11. The van der Waals surface area contributed by atoms with E-state index in [1.807, 2.05) is 6.92 Å².